The molecule has 0 saturated heterocycles. The molecular weight excluding hydrogens is 219 g/mol. The topological polar surface area (TPSA) is 20.2 Å². The Balaban J connectivity index is 2.76. The summed E-state index contributed by atoms with van der Waals surface area (Å²) >= 11 is 11.7. The van der Waals surface area contributed by atoms with E-state index in [0.29, 0.717) is 10.0 Å². The number of aliphatic hydroxyl groups is 1. The zero-order valence-electron chi connectivity index (χ0n) is 7.76. The Kier molecular flexibility index (Phi) is 4.46. The molecule has 0 aliphatic rings. The quantitative estimate of drug-likeness (QED) is 0.835. The lowest BCUT2D eigenvalue weighted by atomic mass is 10.0. The highest BCUT2D eigenvalue weighted by Gasteiger charge is 2.02. The molecule has 1 aromatic rings. The van der Waals surface area contributed by atoms with Crippen molar-refractivity contribution >= 4 is 28.8 Å². The van der Waals surface area contributed by atoms with Crippen LogP contribution in [0.15, 0.2) is 24.8 Å². The van der Waals surface area contributed by atoms with Crippen LogP contribution in [0.3, 0.4) is 0 Å². The molecule has 0 aliphatic heterocycles. The minimum Gasteiger partial charge on any atom is -0.396 e. The monoisotopic (exact) mass is 230 g/mol. The van der Waals surface area contributed by atoms with Gasteiger partial charge in [-0.3, -0.25) is 0 Å². The fraction of sp³-hybridized carbons (Fsp3) is 0.273. The van der Waals surface area contributed by atoms with E-state index in [1.165, 1.54) is 0 Å². The zero-order chi connectivity index (χ0) is 10.6. The van der Waals surface area contributed by atoms with Gasteiger partial charge in [0.15, 0.2) is 0 Å². The van der Waals surface area contributed by atoms with Gasteiger partial charge < -0.3 is 5.11 Å². The Morgan fingerprint density at radius 3 is 2.57 bits per heavy atom. The molecule has 0 saturated carbocycles. The van der Waals surface area contributed by atoms with Crippen molar-refractivity contribution in [3.8, 4) is 0 Å². The fourth-order valence-corrected chi connectivity index (χ4v) is 1.45. The van der Waals surface area contributed by atoms with E-state index in [2.05, 4.69) is 6.58 Å². The van der Waals surface area contributed by atoms with Gasteiger partial charge in [0, 0.05) is 6.61 Å². The van der Waals surface area contributed by atoms with Gasteiger partial charge in [-0.05, 0) is 36.1 Å². The van der Waals surface area contributed by atoms with Crippen molar-refractivity contribution in [3.05, 3.63) is 40.4 Å². The molecule has 76 valence electrons. The van der Waals surface area contributed by atoms with Crippen LogP contribution in [0.5, 0.6) is 0 Å². The van der Waals surface area contributed by atoms with Crippen LogP contribution in [0, 0.1) is 0 Å². The molecule has 1 aromatic carbocycles. The maximum atomic E-state index is 8.67. The SMILES string of the molecule is C=C(CCCO)c1ccc(Cl)c(Cl)c1. The Morgan fingerprint density at radius 1 is 1.29 bits per heavy atom. The second-order valence-electron chi connectivity index (χ2n) is 3.06. The van der Waals surface area contributed by atoms with Gasteiger partial charge in [-0.25, -0.2) is 0 Å². The molecule has 0 heterocycles. The van der Waals surface area contributed by atoms with E-state index in [-0.39, 0.29) is 6.61 Å². The minimum absolute atomic E-state index is 0.181. The highest BCUT2D eigenvalue weighted by molar-refractivity contribution is 6.42. The summed E-state index contributed by atoms with van der Waals surface area (Å²) in [6.07, 6.45) is 1.49. The Morgan fingerprint density at radius 2 is 2.00 bits per heavy atom. The summed E-state index contributed by atoms with van der Waals surface area (Å²) in [5.41, 5.74) is 1.95. The van der Waals surface area contributed by atoms with Gasteiger partial charge in [0.2, 0.25) is 0 Å². The van der Waals surface area contributed by atoms with Crippen LogP contribution >= 0.6 is 23.2 Å². The van der Waals surface area contributed by atoms with Crippen molar-refractivity contribution in [1.29, 1.82) is 0 Å². The van der Waals surface area contributed by atoms with Gasteiger partial charge in [-0.15, -0.1) is 0 Å². The normalized spacial score (nSPS) is 10.2. The molecular formula is C11H12Cl2O. The third-order valence-electron chi connectivity index (χ3n) is 1.96. The lowest BCUT2D eigenvalue weighted by molar-refractivity contribution is 0.290. The summed E-state index contributed by atoms with van der Waals surface area (Å²) in [6, 6.07) is 5.43. The first kappa shape index (κ1) is 11.6. The van der Waals surface area contributed by atoms with Crippen LogP contribution in [-0.4, -0.2) is 11.7 Å². The van der Waals surface area contributed by atoms with E-state index in [1.807, 2.05) is 6.07 Å². The first-order chi connectivity index (χ1) is 6.65. The van der Waals surface area contributed by atoms with Gasteiger partial charge in [-0.1, -0.05) is 35.8 Å². The third-order valence-corrected chi connectivity index (χ3v) is 2.70. The molecule has 0 unspecified atom stereocenters. The number of rotatable bonds is 4. The largest absolute Gasteiger partial charge is 0.396 e. The van der Waals surface area contributed by atoms with Crippen molar-refractivity contribution in [2.45, 2.75) is 12.8 Å². The summed E-state index contributed by atoms with van der Waals surface area (Å²) in [4.78, 5) is 0. The standard InChI is InChI=1S/C11H12Cl2O/c1-8(3-2-6-14)9-4-5-10(12)11(13)7-9/h4-5,7,14H,1-3,6H2. The van der Waals surface area contributed by atoms with Gasteiger partial charge in [-0.2, -0.15) is 0 Å². The summed E-state index contributed by atoms with van der Waals surface area (Å²) in [5.74, 6) is 0. The van der Waals surface area contributed by atoms with Crippen LogP contribution < -0.4 is 0 Å². The molecule has 0 radical (unpaired) electrons. The first-order valence-electron chi connectivity index (χ1n) is 4.39. The number of hydrogen-bond donors (Lipinski definition) is 1. The summed E-state index contributed by atoms with van der Waals surface area (Å²) in [5, 5.41) is 9.76. The molecule has 1 N–H and O–H groups in total. The molecule has 0 spiro atoms. The molecule has 0 atom stereocenters. The fourth-order valence-electron chi connectivity index (χ4n) is 1.15. The number of allylic oxidation sites excluding steroid dienone is 1. The number of hydrogen-bond acceptors (Lipinski definition) is 1. The van der Waals surface area contributed by atoms with Gasteiger partial charge in [0.1, 0.15) is 0 Å². The lowest BCUT2D eigenvalue weighted by Gasteiger charge is -2.05. The predicted octanol–water partition coefficient (Wildman–Crippen LogP) is 3.78. The van der Waals surface area contributed by atoms with Gasteiger partial charge in [0.25, 0.3) is 0 Å². The van der Waals surface area contributed by atoms with Gasteiger partial charge >= 0.3 is 0 Å². The highest BCUT2D eigenvalue weighted by Crippen LogP contribution is 2.27. The summed E-state index contributed by atoms with van der Waals surface area (Å²) in [6.45, 7) is 4.10. The molecule has 1 rings (SSSR count). The van der Waals surface area contributed by atoms with E-state index < -0.39 is 0 Å². The van der Waals surface area contributed by atoms with Crippen molar-refractivity contribution in [2.24, 2.45) is 0 Å². The second kappa shape index (κ2) is 5.40. The number of aliphatic hydroxyl groups excluding tert-OH is 1. The highest BCUT2D eigenvalue weighted by atomic mass is 35.5. The van der Waals surface area contributed by atoms with Crippen LogP contribution in [0.25, 0.3) is 5.57 Å². The first-order valence-corrected chi connectivity index (χ1v) is 5.15. The van der Waals surface area contributed by atoms with Crippen LogP contribution in [0.1, 0.15) is 18.4 Å². The average Bonchev–Trinajstić information content (AvgIpc) is 2.18. The van der Waals surface area contributed by atoms with E-state index in [1.54, 1.807) is 12.1 Å². The molecule has 14 heavy (non-hydrogen) atoms. The van der Waals surface area contributed by atoms with Crippen LogP contribution in [0.2, 0.25) is 10.0 Å². The zero-order valence-corrected chi connectivity index (χ0v) is 9.28. The molecule has 0 aromatic heterocycles. The number of benzene rings is 1. The van der Waals surface area contributed by atoms with Crippen molar-refractivity contribution in [3.63, 3.8) is 0 Å². The molecule has 0 bridgehead atoms. The van der Waals surface area contributed by atoms with Crippen LogP contribution in [0.4, 0.5) is 0 Å². The maximum Gasteiger partial charge on any atom is 0.0598 e. The maximum absolute atomic E-state index is 8.67. The molecule has 1 nitrogen and oxygen atoms in total. The Labute approximate surface area is 94.0 Å². The molecule has 0 amide bonds. The molecule has 0 fully saturated rings. The average molecular weight is 231 g/mol. The van der Waals surface area contributed by atoms with Crippen LogP contribution in [-0.2, 0) is 0 Å². The van der Waals surface area contributed by atoms with E-state index in [4.69, 9.17) is 28.3 Å². The number of halogens is 2. The Bertz CT molecular complexity index is 334. The van der Waals surface area contributed by atoms with Crippen molar-refractivity contribution < 1.29 is 5.11 Å². The predicted molar refractivity (Wildman–Crippen MR) is 61.8 cm³/mol. The third kappa shape index (κ3) is 3.02. The lowest BCUT2D eigenvalue weighted by Crippen LogP contribution is -1.87. The summed E-state index contributed by atoms with van der Waals surface area (Å²) < 4.78 is 0. The van der Waals surface area contributed by atoms with E-state index >= 15 is 0 Å². The van der Waals surface area contributed by atoms with Crippen molar-refractivity contribution in [2.75, 3.05) is 6.61 Å². The summed E-state index contributed by atoms with van der Waals surface area (Å²) in [7, 11) is 0. The molecule has 0 aliphatic carbocycles. The van der Waals surface area contributed by atoms with E-state index in [0.717, 1.165) is 24.0 Å². The smallest absolute Gasteiger partial charge is 0.0598 e. The Hall–Kier alpha value is -0.500. The minimum atomic E-state index is 0.181. The molecule has 3 heteroatoms. The second-order valence-corrected chi connectivity index (χ2v) is 3.87. The van der Waals surface area contributed by atoms with E-state index in [9.17, 15) is 0 Å². The van der Waals surface area contributed by atoms with Gasteiger partial charge in [0.05, 0.1) is 10.0 Å². The van der Waals surface area contributed by atoms with Crippen molar-refractivity contribution in [1.82, 2.24) is 0 Å².